The summed E-state index contributed by atoms with van der Waals surface area (Å²) in [6.07, 6.45) is 0.890. The van der Waals surface area contributed by atoms with E-state index in [9.17, 15) is 0 Å². The van der Waals surface area contributed by atoms with Crippen molar-refractivity contribution in [3.05, 3.63) is 53.2 Å². The van der Waals surface area contributed by atoms with Crippen LogP contribution in [0.1, 0.15) is 23.7 Å². The molecule has 0 atom stereocenters. The largest absolute Gasteiger partial charge is 0.439 e. The van der Waals surface area contributed by atoms with E-state index in [0.29, 0.717) is 11.4 Å². The van der Waals surface area contributed by atoms with E-state index in [4.69, 9.17) is 15.9 Å². The van der Waals surface area contributed by atoms with Crippen LogP contribution < -0.4 is 10.5 Å². The molecule has 0 unspecified atom stereocenters. The molecule has 4 nitrogen and oxygen atoms in total. The van der Waals surface area contributed by atoms with Gasteiger partial charge in [0.1, 0.15) is 11.6 Å². The van der Waals surface area contributed by atoms with E-state index in [1.165, 1.54) is 0 Å². The minimum atomic E-state index is 0.0131. The summed E-state index contributed by atoms with van der Waals surface area (Å²) in [5, 5.41) is 7.48. The molecule has 0 aliphatic heterocycles. The molecule has 1 heterocycles. The Kier molecular flexibility index (Phi) is 3.80. The maximum Gasteiger partial charge on any atom is 0.220 e. The fourth-order valence-corrected chi connectivity index (χ4v) is 1.85. The van der Waals surface area contributed by atoms with E-state index in [2.05, 4.69) is 11.9 Å². The van der Waals surface area contributed by atoms with Gasteiger partial charge < -0.3 is 10.5 Å². The fourth-order valence-electron chi connectivity index (χ4n) is 1.85. The summed E-state index contributed by atoms with van der Waals surface area (Å²) in [5.74, 6) is 1.27. The van der Waals surface area contributed by atoms with E-state index >= 15 is 0 Å². The molecule has 3 N–H and O–H groups in total. The van der Waals surface area contributed by atoms with Crippen LogP contribution in [0.2, 0.25) is 0 Å². The number of aromatic nitrogens is 1. The molecule has 0 bridgehead atoms. The van der Waals surface area contributed by atoms with E-state index in [1.54, 1.807) is 12.1 Å². The van der Waals surface area contributed by atoms with Gasteiger partial charge in [0.15, 0.2) is 0 Å². The zero-order valence-electron chi connectivity index (χ0n) is 11.1. The number of hydrogen-bond acceptors (Lipinski definition) is 3. The van der Waals surface area contributed by atoms with Crippen LogP contribution in [0.25, 0.3) is 0 Å². The number of aryl methyl sites for hydroxylation is 2. The molecule has 0 radical (unpaired) electrons. The molecule has 4 heteroatoms. The lowest BCUT2D eigenvalue weighted by atomic mass is 10.1. The number of rotatable bonds is 4. The van der Waals surface area contributed by atoms with Crippen molar-refractivity contribution in [3.8, 4) is 11.6 Å². The number of nitrogens with zero attached hydrogens (tertiary/aromatic N) is 1. The van der Waals surface area contributed by atoms with Gasteiger partial charge in [-0.1, -0.05) is 25.1 Å². The number of nitrogens with two attached hydrogens (primary N) is 1. The predicted octanol–water partition coefficient (Wildman–Crippen LogP) is 3.03. The second kappa shape index (κ2) is 5.52. The van der Waals surface area contributed by atoms with Crippen LogP contribution in [-0.2, 0) is 6.42 Å². The van der Waals surface area contributed by atoms with E-state index in [-0.39, 0.29) is 5.84 Å². The van der Waals surface area contributed by atoms with Crippen LogP contribution >= 0.6 is 0 Å². The van der Waals surface area contributed by atoms with Crippen molar-refractivity contribution in [1.82, 2.24) is 4.98 Å². The Morgan fingerprint density at radius 2 is 2.05 bits per heavy atom. The quantitative estimate of drug-likeness (QED) is 0.651. The van der Waals surface area contributed by atoms with Gasteiger partial charge in [-0.2, -0.15) is 0 Å². The van der Waals surface area contributed by atoms with E-state index in [0.717, 1.165) is 23.4 Å². The van der Waals surface area contributed by atoms with Gasteiger partial charge in [-0.3, -0.25) is 5.41 Å². The van der Waals surface area contributed by atoms with Gasteiger partial charge in [-0.15, -0.1) is 0 Å². The molecule has 98 valence electrons. The molecule has 1 aromatic heterocycles. The number of nitrogen functional groups attached to an aromatic ring is 1. The van der Waals surface area contributed by atoms with Crippen LogP contribution in [0.15, 0.2) is 36.4 Å². The number of nitrogens with one attached hydrogen (secondary N) is 1. The maximum absolute atomic E-state index is 7.48. The molecule has 0 amide bonds. The Hall–Kier alpha value is -2.36. The third-order valence-corrected chi connectivity index (χ3v) is 2.81. The Morgan fingerprint density at radius 1 is 1.32 bits per heavy atom. The summed E-state index contributed by atoms with van der Waals surface area (Å²) in [4.78, 5) is 4.31. The summed E-state index contributed by atoms with van der Waals surface area (Å²) in [6.45, 7) is 3.93. The van der Waals surface area contributed by atoms with Gasteiger partial charge in [0.05, 0.1) is 0 Å². The average molecular weight is 255 g/mol. The van der Waals surface area contributed by atoms with Crippen molar-refractivity contribution in [2.24, 2.45) is 5.73 Å². The molecule has 0 saturated carbocycles. The second-order valence-corrected chi connectivity index (χ2v) is 4.31. The van der Waals surface area contributed by atoms with E-state index in [1.807, 2.05) is 31.2 Å². The fraction of sp³-hybridized carbons (Fsp3) is 0.200. The summed E-state index contributed by atoms with van der Waals surface area (Å²) >= 11 is 0. The highest BCUT2D eigenvalue weighted by Gasteiger charge is 2.07. The maximum atomic E-state index is 7.48. The first-order valence-corrected chi connectivity index (χ1v) is 6.19. The third kappa shape index (κ3) is 3.10. The SMILES string of the molecule is CCc1ccccc1Oc1cc(C(=N)N)cc(C)n1. The van der Waals surface area contributed by atoms with Crippen molar-refractivity contribution in [2.45, 2.75) is 20.3 Å². The minimum Gasteiger partial charge on any atom is -0.439 e. The summed E-state index contributed by atoms with van der Waals surface area (Å²) in [7, 11) is 0. The number of ether oxygens (including phenoxy) is 1. The van der Waals surface area contributed by atoms with Gasteiger partial charge in [0.2, 0.25) is 5.88 Å². The lowest BCUT2D eigenvalue weighted by molar-refractivity contribution is 0.456. The first-order chi connectivity index (χ1) is 9.10. The molecule has 0 aliphatic carbocycles. The standard InChI is InChI=1S/C15H17N3O/c1-3-11-6-4-5-7-13(11)19-14-9-12(15(16)17)8-10(2)18-14/h4-9H,3H2,1-2H3,(H3,16,17). The number of benzene rings is 1. The number of amidine groups is 1. The second-order valence-electron chi connectivity index (χ2n) is 4.31. The lowest BCUT2D eigenvalue weighted by Crippen LogP contribution is -2.11. The molecule has 19 heavy (non-hydrogen) atoms. The van der Waals surface area contributed by atoms with Crippen molar-refractivity contribution in [1.29, 1.82) is 5.41 Å². The molecule has 1 aromatic carbocycles. The third-order valence-electron chi connectivity index (χ3n) is 2.81. The summed E-state index contributed by atoms with van der Waals surface area (Å²) in [5.41, 5.74) is 8.02. The normalized spacial score (nSPS) is 10.2. The summed E-state index contributed by atoms with van der Waals surface area (Å²) < 4.78 is 5.81. The van der Waals surface area contributed by atoms with Gasteiger partial charge in [0, 0.05) is 17.3 Å². The molecular weight excluding hydrogens is 238 g/mol. The van der Waals surface area contributed by atoms with Crippen molar-refractivity contribution < 1.29 is 4.74 Å². The minimum absolute atomic E-state index is 0.0131. The molecular formula is C15H17N3O. The number of para-hydroxylation sites is 1. The molecule has 0 spiro atoms. The molecule has 0 aliphatic rings. The Morgan fingerprint density at radius 3 is 2.74 bits per heavy atom. The van der Waals surface area contributed by atoms with Crippen LogP contribution in [-0.4, -0.2) is 10.8 Å². The van der Waals surface area contributed by atoms with Gasteiger partial charge in [0.25, 0.3) is 0 Å². The number of pyridine rings is 1. The van der Waals surface area contributed by atoms with Gasteiger partial charge >= 0.3 is 0 Å². The molecule has 0 fully saturated rings. The molecule has 2 aromatic rings. The predicted molar refractivity (Wildman–Crippen MR) is 75.9 cm³/mol. The van der Waals surface area contributed by atoms with Crippen molar-refractivity contribution in [3.63, 3.8) is 0 Å². The average Bonchev–Trinajstić information content (AvgIpc) is 2.38. The molecule has 2 rings (SSSR count). The number of hydrogen-bond donors (Lipinski definition) is 2. The smallest absolute Gasteiger partial charge is 0.220 e. The highest BCUT2D eigenvalue weighted by Crippen LogP contribution is 2.25. The Bertz CT molecular complexity index is 608. The zero-order valence-corrected chi connectivity index (χ0v) is 11.1. The van der Waals surface area contributed by atoms with Crippen LogP contribution in [0.5, 0.6) is 11.6 Å². The zero-order chi connectivity index (χ0) is 13.8. The Balaban J connectivity index is 2.35. The Labute approximate surface area is 112 Å². The van der Waals surface area contributed by atoms with Crippen molar-refractivity contribution in [2.75, 3.05) is 0 Å². The van der Waals surface area contributed by atoms with E-state index < -0.39 is 0 Å². The van der Waals surface area contributed by atoms with Crippen LogP contribution in [0.3, 0.4) is 0 Å². The van der Waals surface area contributed by atoms with Crippen LogP contribution in [0.4, 0.5) is 0 Å². The van der Waals surface area contributed by atoms with Gasteiger partial charge in [-0.25, -0.2) is 4.98 Å². The lowest BCUT2D eigenvalue weighted by Gasteiger charge is -2.10. The highest BCUT2D eigenvalue weighted by atomic mass is 16.5. The molecule has 0 saturated heterocycles. The van der Waals surface area contributed by atoms with Gasteiger partial charge in [-0.05, 0) is 31.0 Å². The van der Waals surface area contributed by atoms with Crippen molar-refractivity contribution >= 4 is 5.84 Å². The topological polar surface area (TPSA) is 72.0 Å². The van der Waals surface area contributed by atoms with Crippen LogP contribution in [0, 0.1) is 12.3 Å². The first kappa shape index (κ1) is 13.1. The highest BCUT2D eigenvalue weighted by molar-refractivity contribution is 5.95. The monoisotopic (exact) mass is 255 g/mol. The first-order valence-electron chi connectivity index (χ1n) is 6.19. The summed E-state index contributed by atoms with van der Waals surface area (Å²) in [6, 6.07) is 11.3.